The minimum absolute atomic E-state index is 0.889. The molecule has 0 amide bonds. The summed E-state index contributed by atoms with van der Waals surface area (Å²) in [6, 6.07) is 0. The van der Waals surface area contributed by atoms with Crippen molar-refractivity contribution in [2.24, 2.45) is 5.92 Å². The van der Waals surface area contributed by atoms with Gasteiger partial charge in [-0.15, -0.1) is 0 Å². The zero-order valence-corrected chi connectivity index (χ0v) is 4.49. The lowest BCUT2D eigenvalue weighted by Gasteiger charge is -1.99. The lowest BCUT2D eigenvalue weighted by atomic mass is 10.0. The Morgan fingerprint density at radius 2 is 2.12 bits per heavy atom. The van der Waals surface area contributed by atoms with Gasteiger partial charge in [0.25, 0.3) is 0 Å². The standard InChI is InChI=1S/C7H12O/c1-6(8)7-4-2-3-5-7/h7H,2-5H2,1H3/i2D2,3D2,4D2,5D2. The van der Waals surface area contributed by atoms with Crippen LogP contribution in [0.3, 0.4) is 0 Å². The molecular formula is C7H12O. The van der Waals surface area contributed by atoms with Gasteiger partial charge >= 0.3 is 0 Å². The molecule has 0 bridgehead atoms. The van der Waals surface area contributed by atoms with Gasteiger partial charge in [0.2, 0.25) is 0 Å². The second-order valence-corrected chi connectivity index (χ2v) is 1.58. The third kappa shape index (κ3) is 1.09. The molecule has 1 fully saturated rings. The fourth-order valence-corrected chi connectivity index (χ4v) is 0.456. The van der Waals surface area contributed by atoms with Crippen LogP contribution in [0.1, 0.15) is 43.4 Å². The number of Topliss-reactive ketones (excluding diaryl/α,β-unsaturated/α-hetero) is 1. The van der Waals surface area contributed by atoms with Gasteiger partial charge in [-0.3, -0.25) is 4.79 Å². The van der Waals surface area contributed by atoms with Gasteiger partial charge in [0, 0.05) is 16.9 Å². The summed E-state index contributed by atoms with van der Waals surface area (Å²) < 4.78 is 59.5. The van der Waals surface area contributed by atoms with Gasteiger partial charge in [-0.2, -0.15) is 0 Å². The Hall–Kier alpha value is -0.330. The summed E-state index contributed by atoms with van der Waals surface area (Å²) in [5.74, 6) is -2.83. The number of ketones is 1. The summed E-state index contributed by atoms with van der Waals surface area (Å²) in [5, 5.41) is 0. The number of hydrogen-bond donors (Lipinski definition) is 0. The van der Waals surface area contributed by atoms with Gasteiger partial charge in [0.1, 0.15) is 5.78 Å². The van der Waals surface area contributed by atoms with Crippen molar-refractivity contribution in [2.75, 3.05) is 0 Å². The number of hydrogen-bond acceptors (Lipinski definition) is 1. The van der Waals surface area contributed by atoms with Crippen LogP contribution in [-0.4, -0.2) is 5.78 Å². The third-order valence-corrected chi connectivity index (χ3v) is 0.902. The number of carbonyl (C=O) groups excluding carboxylic acids is 1. The number of carbonyl (C=O) groups is 1. The van der Waals surface area contributed by atoms with Gasteiger partial charge in [0.15, 0.2) is 0 Å². The van der Waals surface area contributed by atoms with E-state index in [4.69, 9.17) is 11.0 Å². The zero-order chi connectivity index (χ0) is 13.2. The van der Waals surface area contributed by atoms with Crippen molar-refractivity contribution in [2.45, 2.75) is 32.4 Å². The molecule has 0 aromatic rings. The number of rotatable bonds is 1. The van der Waals surface area contributed by atoms with Crippen LogP contribution in [0.15, 0.2) is 0 Å². The normalized spacial score (nSPS) is 61.6. The molecule has 0 radical (unpaired) electrons. The Bertz CT molecular complexity index is 307. The molecule has 0 aliphatic heterocycles. The smallest absolute Gasteiger partial charge is 0.132 e. The molecule has 0 heterocycles. The molecule has 1 saturated carbocycles. The van der Waals surface area contributed by atoms with Crippen molar-refractivity contribution in [3.8, 4) is 0 Å². The quantitative estimate of drug-likeness (QED) is 0.515. The molecule has 1 nitrogen and oxygen atoms in total. The van der Waals surface area contributed by atoms with Crippen LogP contribution in [0.4, 0.5) is 0 Å². The first-order chi connectivity index (χ1) is 6.82. The average molecular weight is 120 g/mol. The Morgan fingerprint density at radius 3 is 2.38 bits per heavy atom. The Kier molecular flexibility index (Phi) is 0.398. The van der Waals surface area contributed by atoms with E-state index < -0.39 is 37.2 Å². The van der Waals surface area contributed by atoms with Gasteiger partial charge < -0.3 is 0 Å². The van der Waals surface area contributed by atoms with Crippen molar-refractivity contribution >= 4 is 5.78 Å². The van der Waals surface area contributed by atoms with Crippen LogP contribution in [-0.2, 0) is 4.79 Å². The van der Waals surface area contributed by atoms with Gasteiger partial charge in [-0.1, -0.05) is 12.7 Å². The molecule has 8 heavy (non-hydrogen) atoms. The second kappa shape index (κ2) is 2.29. The summed E-state index contributed by atoms with van der Waals surface area (Å²) in [7, 11) is 0. The van der Waals surface area contributed by atoms with Crippen LogP contribution >= 0.6 is 0 Å². The van der Waals surface area contributed by atoms with Gasteiger partial charge in [-0.25, -0.2) is 0 Å². The van der Waals surface area contributed by atoms with E-state index in [-0.39, 0.29) is 0 Å². The molecule has 0 aromatic carbocycles. The highest BCUT2D eigenvalue weighted by molar-refractivity contribution is 5.78. The molecule has 0 saturated heterocycles. The molecule has 0 unspecified atom stereocenters. The van der Waals surface area contributed by atoms with Crippen LogP contribution < -0.4 is 0 Å². The molecule has 0 aromatic heterocycles. The van der Waals surface area contributed by atoms with E-state index in [1.807, 2.05) is 0 Å². The summed E-state index contributed by atoms with van der Waals surface area (Å²) in [5.41, 5.74) is 0. The van der Waals surface area contributed by atoms with Gasteiger partial charge in [0.05, 0.1) is 0 Å². The fraction of sp³-hybridized carbons (Fsp3) is 0.857. The van der Waals surface area contributed by atoms with Crippen molar-refractivity contribution in [3.63, 3.8) is 0 Å². The maximum Gasteiger partial charge on any atom is 0.132 e. The van der Waals surface area contributed by atoms with Crippen LogP contribution in [0.25, 0.3) is 0 Å². The van der Waals surface area contributed by atoms with E-state index in [1.54, 1.807) is 0 Å². The fourth-order valence-electron chi connectivity index (χ4n) is 0.456. The van der Waals surface area contributed by atoms with Crippen LogP contribution in [0.2, 0.25) is 0 Å². The van der Waals surface area contributed by atoms with E-state index in [1.165, 1.54) is 0 Å². The van der Waals surface area contributed by atoms with E-state index in [9.17, 15) is 4.79 Å². The topological polar surface area (TPSA) is 17.1 Å². The van der Waals surface area contributed by atoms with E-state index in [0.717, 1.165) is 6.92 Å². The van der Waals surface area contributed by atoms with Crippen LogP contribution in [0, 0.1) is 5.92 Å². The van der Waals surface area contributed by atoms with Crippen molar-refractivity contribution < 1.29 is 15.8 Å². The van der Waals surface area contributed by atoms with Gasteiger partial charge in [-0.05, 0) is 19.7 Å². The molecule has 0 spiro atoms. The van der Waals surface area contributed by atoms with Crippen LogP contribution in [0.5, 0.6) is 0 Å². The Morgan fingerprint density at radius 1 is 1.62 bits per heavy atom. The monoisotopic (exact) mass is 120 g/mol. The third-order valence-electron chi connectivity index (χ3n) is 0.902. The summed E-state index contributed by atoms with van der Waals surface area (Å²) in [6.07, 6.45) is -11.8. The van der Waals surface area contributed by atoms with E-state index >= 15 is 0 Å². The summed E-state index contributed by atoms with van der Waals surface area (Å²) >= 11 is 0. The average Bonchev–Trinajstić information content (AvgIpc) is 2.05. The Labute approximate surface area is 61.3 Å². The largest absolute Gasteiger partial charge is 0.300 e. The molecule has 1 aliphatic rings. The molecule has 1 aliphatic carbocycles. The lowest BCUT2D eigenvalue weighted by Crippen LogP contribution is -2.04. The predicted octanol–water partition coefficient (Wildman–Crippen LogP) is 1.77. The summed E-state index contributed by atoms with van der Waals surface area (Å²) in [4.78, 5) is 11.2. The predicted molar refractivity (Wildman–Crippen MR) is 32.6 cm³/mol. The maximum atomic E-state index is 11.2. The first kappa shape index (κ1) is 1.39. The molecule has 1 heteroatoms. The van der Waals surface area contributed by atoms with Crippen molar-refractivity contribution in [3.05, 3.63) is 0 Å². The highest BCUT2D eigenvalue weighted by Crippen LogP contribution is 2.24. The highest BCUT2D eigenvalue weighted by atomic mass is 16.1. The maximum absolute atomic E-state index is 11.2. The zero-order valence-electron chi connectivity index (χ0n) is 12.5. The SMILES string of the molecule is [2H]C1([2H])C(C(C)=O)C([2H])([2H])C([2H])([2H])C1([2H])[2H]. The van der Waals surface area contributed by atoms with Crippen molar-refractivity contribution in [1.29, 1.82) is 0 Å². The minimum atomic E-state index is -3.06. The van der Waals surface area contributed by atoms with Crippen molar-refractivity contribution in [1.82, 2.24) is 0 Å². The Balaban J connectivity index is 3.51. The second-order valence-electron chi connectivity index (χ2n) is 1.58. The molecule has 46 valence electrons. The summed E-state index contributed by atoms with van der Waals surface area (Å²) in [6.45, 7) is 0.942. The lowest BCUT2D eigenvalue weighted by molar-refractivity contribution is -0.120. The van der Waals surface area contributed by atoms with E-state index in [2.05, 4.69) is 0 Å². The highest BCUT2D eigenvalue weighted by Gasteiger charge is 2.18. The van der Waals surface area contributed by atoms with E-state index in [0.29, 0.717) is 0 Å². The first-order valence-corrected chi connectivity index (χ1v) is 2.32. The first-order valence-electron chi connectivity index (χ1n) is 6.32. The molecule has 0 atom stereocenters. The molecular weight excluding hydrogens is 100 g/mol. The molecule has 0 N–H and O–H groups in total. The molecule has 1 rings (SSSR count). The minimum Gasteiger partial charge on any atom is -0.300 e.